The maximum Gasteiger partial charge on any atom is 0.123 e. The Kier molecular flexibility index (Phi) is 4.48. The zero-order chi connectivity index (χ0) is 16.2. The molecule has 1 aromatic carbocycles. The summed E-state index contributed by atoms with van der Waals surface area (Å²) < 4.78 is 15.5. The Bertz CT molecular complexity index is 756. The number of pyridine rings is 1. The van der Waals surface area contributed by atoms with E-state index in [4.69, 9.17) is 0 Å². The molecule has 0 aliphatic rings. The number of nitrogens with zero attached hydrogens (tertiary/aromatic N) is 4. The highest BCUT2D eigenvalue weighted by Crippen LogP contribution is 2.22. The van der Waals surface area contributed by atoms with Crippen molar-refractivity contribution in [3.05, 3.63) is 78.1 Å². The Morgan fingerprint density at radius 1 is 1.17 bits per heavy atom. The molecule has 0 amide bonds. The van der Waals surface area contributed by atoms with Crippen LogP contribution in [-0.4, -0.2) is 26.7 Å². The summed E-state index contributed by atoms with van der Waals surface area (Å²) in [6.45, 7) is 2.69. The van der Waals surface area contributed by atoms with E-state index in [1.54, 1.807) is 29.2 Å². The molecule has 4 nitrogen and oxygen atoms in total. The Labute approximate surface area is 135 Å². The summed E-state index contributed by atoms with van der Waals surface area (Å²) in [5.41, 5.74) is 2.77. The molecule has 1 unspecified atom stereocenters. The molecule has 2 aromatic heterocycles. The second-order valence-electron chi connectivity index (χ2n) is 5.57. The number of halogens is 1. The smallest absolute Gasteiger partial charge is 0.123 e. The van der Waals surface area contributed by atoms with Gasteiger partial charge in [0, 0.05) is 31.2 Å². The SMILES string of the molecule is CC(c1ccccn1)N(C)Cc1cc(F)ccc1-n1cccn1. The fourth-order valence-corrected chi connectivity index (χ4v) is 2.57. The average molecular weight is 310 g/mol. The van der Waals surface area contributed by atoms with Crippen molar-refractivity contribution in [1.29, 1.82) is 0 Å². The first kappa shape index (κ1) is 15.4. The van der Waals surface area contributed by atoms with Gasteiger partial charge >= 0.3 is 0 Å². The van der Waals surface area contributed by atoms with Gasteiger partial charge < -0.3 is 0 Å². The van der Waals surface area contributed by atoms with Crippen LogP contribution in [0.4, 0.5) is 4.39 Å². The minimum absolute atomic E-state index is 0.130. The van der Waals surface area contributed by atoms with E-state index >= 15 is 0 Å². The standard InChI is InChI=1S/C18H19FN4/c1-14(17-6-3-4-9-20-17)22(2)13-15-12-16(19)7-8-18(15)23-11-5-10-21-23/h3-12,14H,13H2,1-2H3. The summed E-state index contributed by atoms with van der Waals surface area (Å²) >= 11 is 0. The van der Waals surface area contributed by atoms with Crippen LogP contribution >= 0.6 is 0 Å². The highest BCUT2D eigenvalue weighted by Gasteiger charge is 2.15. The van der Waals surface area contributed by atoms with Crippen LogP contribution in [0, 0.1) is 5.82 Å². The third kappa shape index (κ3) is 3.46. The van der Waals surface area contributed by atoms with Crippen LogP contribution in [0.25, 0.3) is 5.69 Å². The Morgan fingerprint density at radius 2 is 2.04 bits per heavy atom. The van der Waals surface area contributed by atoms with E-state index in [1.165, 1.54) is 6.07 Å². The second-order valence-corrected chi connectivity index (χ2v) is 5.57. The number of benzene rings is 1. The molecule has 0 aliphatic carbocycles. The summed E-state index contributed by atoms with van der Waals surface area (Å²) in [5.74, 6) is -0.241. The predicted molar refractivity (Wildman–Crippen MR) is 87.6 cm³/mol. The molecule has 5 heteroatoms. The predicted octanol–water partition coefficient (Wildman–Crippen LogP) is 3.60. The number of hydrogen-bond acceptors (Lipinski definition) is 3. The number of aromatic nitrogens is 3. The van der Waals surface area contributed by atoms with Crippen molar-refractivity contribution in [2.75, 3.05) is 7.05 Å². The first-order valence-electron chi connectivity index (χ1n) is 7.55. The van der Waals surface area contributed by atoms with Gasteiger partial charge in [-0.15, -0.1) is 0 Å². The molecule has 3 aromatic rings. The van der Waals surface area contributed by atoms with Crippen molar-refractivity contribution in [3.8, 4) is 5.69 Å². The van der Waals surface area contributed by atoms with E-state index in [0.717, 1.165) is 16.9 Å². The molecule has 0 N–H and O–H groups in total. The van der Waals surface area contributed by atoms with E-state index in [-0.39, 0.29) is 11.9 Å². The summed E-state index contributed by atoms with van der Waals surface area (Å²) in [6, 6.07) is 12.7. The van der Waals surface area contributed by atoms with Gasteiger partial charge in [-0.2, -0.15) is 5.10 Å². The largest absolute Gasteiger partial charge is 0.294 e. The van der Waals surface area contributed by atoms with Gasteiger partial charge in [0.1, 0.15) is 5.82 Å². The Morgan fingerprint density at radius 3 is 2.74 bits per heavy atom. The molecule has 0 spiro atoms. The third-order valence-corrected chi connectivity index (χ3v) is 3.99. The minimum atomic E-state index is -0.241. The van der Waals surface area contributed by atoms with Crippen LogP contribution < -0.4 is 0 Å². The third-order valence-electron chi connectivity index (χ3n) is 3.99. The maximum absolute atomic E-state index is 13.7. The van der Waals surface area contributed by atoms with Crippen molar-refractivity contribution in [2.45, 2.75) is 19.5 Å². The van der Waals surface area contributed by atoms with Crippen LogP contribution in [0.3, 0.4) is 0 Å². The zero-order valence-electron chi connectivity index (χ0n) is 13.2. The summed E-state index contributed by atoms with van der Waals surface area (Å²) in [6.07, 6.45) is 5.36. The van der Waals surface area contributed by atoms with Crippen LogP contribution in [0.5, 0.6) is 0 Å². The molecule has 0 aliphatic heterocycles. The topological polar surface area (TPSA) is 34.0 Å². The lowest BCUT2D eigenvalue weighted by Crippen LogP contribution is -2.23. The van der Waals surface area contributed by atoms with Gasteiger partial charge in [-0.05, 0) is 55.9 Å². The molecule has 3 rings (SSSR count). The van der Waals surface area contributed by atoms with Gasteiger partial charge in [-0.1, -0.05) is 6.07 Å². The molecular formula is C18H19FN4. The quantitative estimate of drug-likeness (QED) is 0.722. The van der Waals surface area contributed by atoms with Crippen molar-refractivity contribution in [1.82, 2.24) is 19.7 Å². The molecule has 0 bridgehead atoms. The molecule has 0 fully saturated rings. The molecule has 23 heavy (non-hydrogen) atoms. The lowest BCUT2D eigenvalue weighted by atomic mass is 10.1. The molecule has 0 saturated heterocycles. The van der Waals surface area contributed by atoms with Crippen LogP contribution in [-0.2, 0) is 6.54 Å². The van der Waals surface area contributed by atoms with Crippen molar-refractivity contribution >= 4 is 0 Å². The summed E-state index contributed by atoms with van der Waals surface area (Å²) in [5, 5.41) is 4.25. The van der Waals surface area contributed by atoms with Gasteiger partial charge in [0.2, 0.25) is 0 Å². The fourth-order valence-electron chi connectivity index (χ4n) is 2.57. The first-order chi connectivity index (χ1) is 11.1. The van der Waals surface area contributed by atoms with Crippen LogP contribution in [0.2, 0.25) is 0 Å². The van der Waals surface area contributed by atoms with E-state index in [9.17, 15) is 4.39 Å². The van der Waals surface area contributed by atoms with E-state index in [1.807, 2.05) is 37.5 Å². The molecule has 0 saturated carbocycles. The molecule has 118 valence electrons. The summed E-state index contributed by atoms with van der Waals surface area (Å²) in [7, 11) is 2.01. The highest BCUT2D eigenvalue weighted by molar-refractivity contribution is 5.40. The maximum atomic E-state index is 13.7. The Hall–Kier alpha value is -2.53. The van der Waals surface area contributed by atoms with Crippen LogP contribution in [0.15, 0.2) is 61.1 Å². The highest BCUT2D eigenvalue weighted by atomic mass is 19.1. The van der Waals surface area contributed by atoms with Gasteiger partial charge in [0.05, 0.1) is 11.4 Å². The van der Waals surface area contributed by atoms with Gasteiger partial charge in [0.25, 0.3) is 0 Å². The monoisotopic (exact) mass is 310 g/mol. The van der Waals surface area contributed by atoms with Crippen molar-refractivity contribution < 1.29 is 4.39 Å². The minimum Gasteiger partial charge on any atom is -0.294 e. The zero-order valence-corrected chi connectivity index (χ0v) is 13.2. The van der Waals surface area contributed by atoms with E-state index in [2.05, 4.69) is 21.9 Å². The molecular weight excluding hydrogens is 291 g/mol. The summed E-state index contributed by atoms with van der Waals surface area (Å²) in [4.78, 5) is 6.54. The van der Waals surface area contributed by atoms with Crippen LogP contribution in [0.1, 0.15) is 24.2 Å². The second kappa shape index (κ2) is 6.71. The van der Waals surface area contributed by atoms with E-state index < -0.39 is 0 Å². The lowest BCUT2D eigenvalue weighted by Gasteiger charge is -2.25. The van der Waals surface area contributed by atoms with Gasteiger partial charge in [-0.25, -0.2) is 9.07 Å². The fraction of sp³-hybridized carbons (Fsp3) is 0.222. The van der Waals surface area contributed by atoms with E-state index in [0.29, 0.717) is 6.54 Å². The molecule has 1 atom stereocenters. The van der Waals surface area contributed by atoms with Crippen molar-refractivity contribution in [3.63, 3.8) is 0 Å². The molecule has 2 heterocycles. The van der Waals surface area contributed by atoms with Crippen molar-refractivity contribution in [2.24, 2.45) is 0 Å². The first-order valence-corrected chi connectivity index (χ1v) is 7.55. The number of rotatable bonds is 5. The Balaban J connectivity index is 1.86. The molecule has 0 radical (unpaired) electrons. The van der Waals surface area contributed by atoms with Gasteiger partial charge in [-0.3, -0.25) is 9.88 Å². The van der Waals surface area contributed by atoms with Gasteiger partial charge in [0.15, 0.2) is 0 Å². The normalized spacial score (nSPS) is 12.5. The lowest BCUT2D eigenvalue weighted by molar-refractivity contribution is 0.248. The number of hydrogen-bond donors (Lipinski definition) is 0. The average Bonchev–Trinajstić information content (AvgIpc) is 3.09.